The summed E-state index contributed by atoms with van der Waals surface area (Å²) in [6, 6.07) is 4.22. The van der Waals surface area contributed by atoms with Gasteiger partial charge in [-0.25, -0.2) is 0 Å². The minimum Gasteiger partial charge on any atom is -0.377 e. The molecule has 0 saturated carbocycles. The van der Waals surface area contributed by atoms with Gasteiger partial charge < -0.3 is 14.8 Å². The van der Waals surface area contributed by atoms with Crippen molar-refractivity contribution in [1.82, 2.24) is 10.2 Å². The van der Waals surface area contributed by atoms with E-state index in [4.69, 9.17) is 9.47 Å². The Balaban J connectivity index is 1.67. The fraction of sp³-hybridized carbons (Fsp3) is 0.615. The third kappa shape index (κ3) is 3.14. The SMILES string of the molecule is O=C1COC2(CN1)COCCN(Cc1cccs1)C2. The minimum absolute atomic E-state index is 0.0420. The molecule has 2 fully saturated rings. The van der Waals surface area contributed by atoms with E-state index in [9.17, 15) is 4.79 Å². The number of carbonyl (C=O) groups is 1. The van der Waals surface area contributed by atoms with Crippen molar-refractivity contribution in [2.45, 2.75) is 12.1 Å². The highest BCUT2D eigenvalue weighted by Crippen LogP contribution is 2.21. The summed E-state index contributed by atoms with van der Waals surface area (Å²) >= 11 is 1.77. The van der Waals surface area contributed by atoms with Gasteiger partial charge in [0.15, 0.2) is 0 Å². The number of hydrogen-bond donors (Lipinski definition) is 1. The zero-order valence-electron chi connectivity index (χ0n) is 10.8. The first-order valence-electron chi connectivity index (χ1n) is 6.49. The first-order chi connectivity index (χ1) is 9.26. The molecule has 104 valence electrons. The lowest BCUT2D eigenvalue weighted by molar-refractivity contribution is -0.151. The summed E-state index contributed by atoms with van der Waals surface area (Å²) in [7, 11) is 0. The summed E-state index contributed by atoms with van der Waals surface area (Å²) in [5.74, 6) is -0.0420. The van der Waals surface area contributed by atoms with Gasteiger partial charge in [-0.1, -0.05) is 6.07 Å². The van der Waals surface area contributed by atoms with Crippen LogP contribution in [0.25, 0.3) is 0 Å². The number of ether oxygens (including phenoxy) is 2. The van der Waals surface area contributed by atoms with Crippen molar-refractivity contribution in [3.05, 3.63) is 22.4 Å². The molecule has 5 nitrogen and oxygen atoms in total. The van der Waals surface area contributed by atoms with E-state index in [1.54, 1.807) is 11.3 Å². The Kier molecular flexibility index (Phi) is 3.83. The van der Waals surface area contributed by atoms with Crippen LogP contribution in [-0.4, -0.2) is 55.9 Å². The Labute approximate surface area is 116 Å². The lowest BCUT2D eigenvalue weighted by Gasteiger charge is -2.38. The molecule has 6 heteroatoms. The lowest BCUT2D eigenvalue weighted by atomic mass is 10.0. The van der Waals surface area contributed by atoms with E-state index in [0.29, 0.717) is 19.8 Å². The maximum Gasteiger partial charge on any atom is 0.246 e. The van der Waals surface area contributed by atoms with Gasteiger partial charge in [-0.05, 0) is 11.4 Å². The second kappa shape index (κ2) is 5.58. The van der Waals surface area contributed by atoms with Gasteiger partial charge in [0, 0.05) is 24.5 Å². The fourth-order valence-corrected chi connectivity index (χ4v) is 3.26. The van der Waals surface area contributed by atoms with E-state index in [0.717, 1.165) is 19.6 Å². The number of thiophene rings is 1. The number of carbonyl (C=O) groups excluding carboxylic acids is 1. The number of morpholine rings is 1. The number of amides is 1. The van der Waals surface area contributed by atoms with Gasteiger partial charge in [-0.3, -0.25) is 9.69 Å². The molecule has 1 atom stereocenters. The molecule has 1 unspecified atom stereocenters. The van der Waals surface area contributed by atoms with E-state index in [1.165, 1.54) is 4.88 Å². The fourth-order valence-electron chi connectivity index (χ4n) is 2.52. The number of nitrogens with zero attached hydrogens (tertiary/aromatic N) is 1. The molecule has 0 bridgehead atoms. The van der Waals surface area contributed by atoms with Crippen molar-refractivity contribution in [3.8, 4) is 0 Å². The summed E-state index contributed by atoms with van der Waals surface area (Å²) in [4.78, 5) is 14.9. The normalized spacial score (nSPS) is 29.2. The summed E-state index contributed by atoms with van der Waals surface area (Å²) < 4.78 is 11.4. The lowest BCUT2D eigenvalue weighted by Crippen LogP contribution is -2.59. The molecule has 1 aromatic rings. The standard InChI is InChI=1S/C13H18N2O3S/c16-12-7-18-13(8-14-12)9-15(3-4-17-10-13)6-11-2-1-5-19-11/h1-2,5H,3-4,6-10H2,(H,14,16). The van der Waals surface area contributed by atoms with Crippen LogP contribution in [-0.2, 0) is 20.8 Å². The highest BCUT2D eigenvalue weighted by Gasteiger charge is 2.39. The molecule has 1 spiro atoms. The van der Waals surface area contributed by atoms with E-state index in [-0.39, 0.29) is 18.1 Å². The van der Waals surface area contributed by atoms with E-state index < -0.39 is 0 Å². The summed E-state index contributed by atoms with van der Waals surface area (Å²) in [6.07, 6.45) is 0. The van der Waals surface area contributed by atoms with Gasteiger partial charge in [-0.15, -0.1) is 11.3 Å². The highest BCUT2D eigenvalue weighted by molar-refractivity contribution is 7.09. The molecule has 3 heterocycles. The molecular weight excluding hydrogens is 264 g/mol. The number of nitrogens with one attached hydrogen (secondary N) is 1. The van der Waals surface area contributed by atoms with Crippen LogP contribution < -0.4 is 5.32 Å². The van der Waals surface area contributed by atoms with Crippen molar-refractivity contribution in [1.29, 1.82) is 0 Å². The molecule has 2 aliphatic rings. The van der Waals surface area contributed by atoms with Crippen LogP contribution in [0.1, 0.15) is 4.88 Å². The number of rotatable bonds is 2. The molecule has 2 saturated heterocycles. The second-order valence-electron chi connectivity index (χ2n) is 5.09. The topological polar surface area (TPSA) is 50.8 Å². The van der Waals surface area contributed by atoms with E-state index in [1.807, 2.05) is 0 Å². The Morgan fingerprint density at radius 3 is 3.21 bits per heavy atom. The minimum atomic E-state index is -0.387. The van der Waals surface area contributed by atoms with Crippen LogP contribution >= 0.6 is 11.3 Å². The Morgan fingerprint density at radius 1 is 1.53 bits per heavy atom. The number of hydrogen-bond acceptors (Lipinski definition) is 5. The van der Waals surface area contributed by atoms with Gasteiger partial charge in [0.25, 0.3) is 0 Å². The van der Waals surface area contributed by atoms with Gasteiger partial charge >= 0.3 is 0 Å². The van der Waals surface area contributed by atoms with Crippen LogP contribution in [0.2, 0.25) is 0 Å². The molecule has 1 aromatic heterocycles. The van der Waals surface area contributed by atoms with E-state index >= 15 is 0 Å². The maximum atomic E-state index is 11.2. The van der Waals surface area contributed by atoms with Crippen molar-refractivity contribution in [2.24, 2.45) is 0 Å². The van der Waals surface area contributed by atoms with Crippen molar-refractivity contribution in [2.75, 3.05) is 39.5 Å². The maximum absolute atomic E-state index is 11.2. The van der Waals surface area contributed by atoms with Gasteiger partial charge in [0.05, 0.1) is 19.8 Å². The molecule has 1 N–H and O–H groups in total. The zero-order chi connectivity index (χ0) is 13.1. The molecule has 2 aliphatic heterocycles. The summed E-state index contributed by atoms with van der Waals surface area (Å²) in [6.45, 7) is 4.55. The average molecular weight is 282 g/mol. The Bertz CT molecular complexity index is 425. The van der Waals surface area contributed by atoms with Gasteiger partial charge in [0.2, 0.25) is 5.91 Å². The molecule has 3 rings (SSSR count). The third-order valence-electron chi connectivity index (χ3n) is 3.51. The third-order valence-corrected chi connectivity index (χ3v) is 4.37. The molecular formula is C13H18N2O3S. The van der Waals surface area contributed by atoms with Crippen molar-refractivity contribution < 1.29 is 14.3 Å². The summed E-state index contributed by atoms with van der Waals surface area (Å²) in [5.41, 5.74) is -0.387. The van der Waals surface area contributed by atoms with Crippen molar-refractivity contribution >= 4 is 17.2 Å². The predicted octanol–water partition coefficient (Wildman–Crippen LogP) is 0.466. The predicted molar refractivity (Wildman–Crippen MR) is 72.1 cm³/mol. The molecule has 19 heavy (non-hydrogen) atoms. The molecule has 1 amide bonds. The van der Waals surface area contributed by atoms with Crippen LogP contribution in [0, 0.1) is 0 Å². The second-order valence-corrected chi connectivity index (χ2v) is 6.12. The average Bonchev–Trinajstić information content (AvgIpc) is 2.83. The van der Waals surface area contributed by atoms with Crippen LogP contribution in [0.3, 0.4) is 0 Å². The van der Waals surface area contributed by atoms with E-state index in [2.05, 4.69) is 27.7 Å². The monoisotopic (exact) mass is 282 g/mol. The quantitative estimate of drug-likeness (QED) is 0.856. The Hall–Kier alpha value is -0.950. The molecule has 0 aliphatic carbocycles. The highest BCUT2D eigenvalue weighted by atomic mass is 32.1. The molecule has 0 radical (unpaired) electrons. The Morgan fingerprint density at radius 2 is 2.47 bits per heavy atom. The zero-order valence-corrected chi connectivity index (χ0v) is 11.6. The first-order valence-corrected chi connectivity index (χ1v) is 7.37. The van der Waals surface area contributed by atoms with Gasteiger partial charge in [-0.2, -0.15) is 0 Å². The van der Waals surface area contributed by atoms with Gasteiger partial charge in [0.1, 0.15) is 12.2 Å². The molecule has 0 aromatic carbocycles. The van der Waals surface area contributed by atoms with Crippen molar-refractivity contribution in [3.63, 3.8) is 0 Å². The smallest absolute Gasteiger partial charge is 0.246 e. The first kappa shape index (κ1) is 13.1. The van der Waals surface area contributed by atoms with Crippen LogP contribution in [0.15, 0.2) is 17.5 Å². The largest absolute Gasteiger partial charge is 0.377 e. The van der Waals surface area contributed by atoms with Crippen LogP contribution in [0.5, 0.6) is 0 Å². The summed E-state index contributed by atoms with van der Waals surface area (Å²) in [5, 5.41) is 4.98. The van der Waals surface area contributed by atoms with Crippen LogP contribution in [0.4, 0.5) is 0 Å².